The summed E-state index contributed by atoms with van der Waals surface area (Å²) in [7, 11) is 1.31. The third-order valence-corrected chi connectivity index (χ3v) is 3.64. The fraction of sp³-hybridized carbons (Fsp3) is 0.176. The maximum atomic E-state index is 12.4. The summed E-state index contributed by atoms with van der Waals surface area (Å²) >= 11 is 0. The molecular formula is C17H16N4O3. The zero-order valence-electron chi connectivity index (χ0n) is 13.3. The molecule has 0 aliphatic carbocycles. The van der Waals surface area contributed by atoms with E-state index in [0.717, 1.165) is 5.65 Å². The third-order valence-electron chi connectivity index (χ3n) is 3.64. The third kappa shape index (κ3) is 2.96. The van der Waals surface area contributed by atoms with E-state index in [4.69, 9.17) is 0 Å². The number of carbonyl (C=O) groups is 2. The highest BCUT2D eigenvalue weighted by Gasteiger charge is 2.17. The highest BCUT2D eigenvalue weighted by molar-refractivity contribution is 5.96. The number of hydrogen-bond donors (Lipinski definition) is 1. The van der Waals surface area contributed by atoms with Crippen LogP contribution in [0.15, 0.2) is 48.7 Å². The molecule has 0 bridgehead atoms. The van der Waals surface area contributed by atoms with Crippen molar-refractivity contribution in [1.82, 2.24) is 19.9 Å². The summed E-state index contributed by atoms with van der Waals surface area (Å²) < 4.78 is 6.46. The first-order valence-electron chi connectivity index (χ1n) is 7.39. The Balaban J connectivity index is 1.75. The minimum Gasteiger partial charge on any atom is -0.465 e. The molecule has 0 aliphatic heterocycles. The smallest absolute Gasteiger partial charge is 0.337 e. The Kier molecular flexibility index (Phi) is 4.24. The lowest BCUT2D eigenvalue weighted by molar-refractivity contribution is 0.0600. The molecule has 1 unspecified atom stereocenters. The zero-order valence-corrected chi connectivity index (χ0v) is 13.3. The number of amides is 1. The van der Waals surface area contributed by atoms with E-state index in [0.29, 0.717) is 17.0 Å². The zero-order chi connectivity index (χ0) is 17.1. The van der Waals surface area contributed by atoms with Crippen LogP contribution in [-0.4, -0.2) is 33.6 Å². The van der Waals surface area contributed by atoms with Crippen molar-refractivity contribution in [2.45, 2.75) is 13.0 Å². The van der Waals surface area contributed by atoms with Crippen LogP contribution in [-0.2, 0) is 4.74 Å². The molecule has 1 N–H and O–H groups in total. The molecule has 1 atom stereocenters. The van der Waals surface area contributed by atoms with Gasteiger partial charge in [-0.05, 0) is 43.3 Å². The summed E-state index contributed by atoms with van der Waals surface area (Å²) in [5.74, 6) is -0.0537. The van der Waals surface area contributed by atoms with Gasteiger partial charge in [0, 0.05) is 11.8 Å². The predicted octanol–water partition coefficient (Wildman–Crippen LogP) is 2.01. The molecule has 0 spiro atoms. The molecule has 7 nitrogen and oxygen atoms in total. The second-order valence-corrected chi connectivity index (χ2v) is 5.25. The number of rotatable bonds is 4. The summed E-state index contributed by atoms with van der Waals surface area (Å²) in [6.45, 7) is 1.84. The first-order chi connectivity index (χ1) is 11.6. The van der Waals surface area contributed by atoms with E-state index in [9.17, 15) is 9.59 Å². The predicted molar refractivity (Wildman–Crippen MR) is 86.6 cm³/mol. The Morgan fingerprint density at radius 1 is 1.08 bits per heavy atom. The van der Waals surface area contributed by atoms with Crippen molar-refractivity contribution in [3.63, 3.8) is 0 Å². The Bertz CT molecular complexity index is 886. The minimum absolute atomic E-state index is 0.258. The van der Waals surface area contributed by atoms with Crippen molar-refractivity contribution in [1.29, 1.82) is 0 Å². The number of nitrogens with one attached hydrogen (secondary N) is 1. The number of carbonyl (C=O) groups excluding carboxylic acids is 2. The second-order valence-electron chi connectivity index (χ2n) is 5.25. The number of ether oxygens (including phenoxy) is 1. The molecule has 0 saturated heterocycles. The number of aromatic nitrogens is 3. The van der Waals surface area contributed by atoms with Crippen molar-refractivity contribution < 1.29 is 14.3 Å². The number of esters is 1. The lowest BCUT2D eigenvalue weighted by Crippen LogP contribution is -2.28. The van der Waals surface area contributed by atoms with E-state index in [1.807, 2.05) is 35.7 Å². The van der Waals surface area contributed by atoms with Gasteiger partial charge < -0.3 is 10.1 Å². The van der Waals surface area contributed by atoms with Crippen LogP contribution in [0.3, 0.4) is 0 Å². The van der Waals surface area contributed by atoms with Crippen LogP contribution >= 0.6 is 0 Å². The van der Waals surface area contributed by atoms with Gasteiger partial charge >= 0.3 is 5.97 Å². The number of fused-ring (bicyclic) bond motifs is 1. The molecule has 0 radical (unpaired) electrons. The monoisotopic (exact) mass is 324 g/mol. The SMILES string of the molecule is COC(=O)c1ccc(C(=O)NC(C)c2nnc3ccccn23)cc1. The van der Waals surface area contributed by atoms with Crippen LogP contribution in [0.25, 0.3) is 5.65 Å². The van der Waals surface area contributed by atoms with Gasteiger partial charge in [0.1, 0.15) is 0 Å². The molecule has 3 aromatic rings. The quantitative estimate of drug-likeness (QED) is 0.742. The van der Waals surface area contributed by atoms with Crippen molar-refractivity contribution in [3.05, 3.63) is 65.6 Å². The van der Waals surface area contributed by atoms with Gasteiger partial charge in [-0.15, -0.1) is 10.2 Å². The number of hydrogen-bond acceptors (Lipinski definition) is 5. The lowest BCUT2D eigenvalue weighted by Gasteiger charge is -2.12. The highest BCUT2D eigenvalue weighted by atomic mass is 16.5. The molecule has 24 heavy (non-hydrogen) atoms. The van der Waals surface area contributed by atoms with Gasteiger partial charge in [-0.2, -0.15) is 0 Å². The number of nitrogens with zero attached hydrogens (tertiary/aromatic N) is 3. The largest absolute Gasteiger partial charge is 0.465 e. The molecule has 122 valence electrons. The summed E-state index contributed by atoms with van der Waals surface area (Å²) in [6.07, 6.45) is 1.85. The minimum atomic E-state index is -0.440. The molecule has 7 heteroatoms. The average Bonchev–Trinajstić information content (AvgIpc) is 3.05. The van der Waals surface area contributed by atoms with Gasteiger partial charge in [0.15, 0.2) is 11.5 Å². The standard InChI is InChI=1S/C17H16N4O3/c1-11(15-20-19-14-5-3-4-10-21(14)15)18-16(22)12-6-8-13(9-7-12)17(23)24-2/h3-11H,1-2H3,(H,18,22). The van der Waals surface area contributed by atoms with Crippen LogP contribution < -0.4 is 5.32 Å². The van der Waals surface area contributed by atoms with E-state index in [1.54, 1.807) is 24.3 Å². The van der Waals surface area contributed by atoms with Gasteiger partial charge in [-0.3, -0.25) is 9.20 Å². The van der Waals surface area contributed by atoms with Crippen molar-refractivity contribution >= 4 is 17.5 Å². The Hall–Kier alpha value is -3.22. The van der Waals surface area contributed by atoms with E-state index in [1.165, 1.54) is 7.11 Å². The summed E-state index contributed by atoms with van der Waals surface area (Å²) in [4.78, 5) is 23.8. The van der Waals surface area contributed by atoms with Crippen LogP contribution in [0.1, 0.15) is 39.5 Å². The maximum absolute atomic E-state index is 12.4. The van der Waals surface area contributed by atoms with E-state index < -0.39 is 5.97 Å². The number of pyridine rings is 1. The van der Waals surface area contributed by atoms with Gasteiger partial charge in [-0.25, -0.2) is 4.79 Å². The summed E-state index contributed by atoms with van der Waals surface area (Å²) in [6, 6.07) is 11.5. The molecular weight excluding hydrogens is 308 g/mol. The van der Waals surface area contributed by atoms with E-state index >= 15 is 0 Å². The highest BCUT2D eigenvalue weighted by Crippen LogP contribution is 2.13. The molecule has 0 fully saturated rings. The van der Waals surface area contributed by atoms with Crippen LogP contribution in [0.2, 0.25) is 0 Å². The summed E-state index contributed by atoms with van der Waals surface area (Å²) in [5, 5.41) is 11.1. The first kappa shape index (κ1) is 15.7. The molecule has 2 heterocycles. The van der Waals surface area contributed by atoms with Gasteiger partial charge in [0.25, 0.3) is 5.91 Å². The maximum Gasteiger partial charge on any atom is 0.337 e. The van der Waals surface area contributed by atoms with Crippen LogP contribution in [0.5, 0.6) is 0 Å². The molecule has 2 aromatic heterocycles. The summed E-state index contributed by atoms with van der Waals surface area (Å²) in [5.41, 5.74) is 1.56. The molecule has 1 amide bonds. The average molecular weight is 324 g/mol. The first-order valence-corrected chi connectivity index (χ1v) is 7.39. The number of methoxy groups -OCH3 is 1. The molecule has 1 aromatic carbocycles. The Morgan fingerprint density at radius 3 is 2.50 bits per heavy atom. The fourth-order valence-electron chi connectivity index (χ4n) is 2.38. The van der Waals surface area contributed by atoms with Crippen LogP contribution in [0.4, 0.5) is 0 Å². The van der Waals surface area contributed by atoms with Gasteiger partial charge in [0.05, 0.1) is 18.7 Å². The Morgan fingerprint density at radius 2 is 1.79 bits per heavy atom. The van der Waals surface area contributed by atoms with Gasteiger partial charge in [-0.1, -0.05) is 6.07 Å². The van der Waals surface area contributed by atoms with Gasteiger partial charge in [0.2, 0.25) is 0 Å². The van der Waals surface area contributed by atoms with E-state index in [2.05, 4.69) is 20.3 Å². The Labute approximate surface area is 138 Å². The number of benzene rings is 1. The molecule has 3 rings (SSSR count). The molecule has 0 aliphatic rings. The lowest BCUT2D eigenvalue weighted by atomic mass is 10.1. The van der Waals surface area contributed by atoms with E-state index in [-0.39, 0.29) is 11.9 Å². The van der Waals surface area contributed by atoms with Crippen molar-refractivity contribution in [3.8, 4) is 0 Å². The van der Waals surface area contributed by atoms with Crippen LogP contribution in [0, 0.1) is 0 Å². The fourth-order valence-corrected chi connectivity index (χ4v) is 2.38. The van der Waals surface area contributed by atoms with Crippen molar-refractivity contribution in [2.24, 2.45) is 0 Å². The topological polar surface area (TPSA) is 85.6 Å². The second kappa shape index (κ2) is 6.49. The normalized spacial score (nSPS) is 11.9. The molecule has 0 saturated carbocycles. The van der Waals surface area contributed by atoms with Crippen molar-refractivity contribution in [2.75, 3.05) is 7.11 Å².